The minimum atomic E-state index is -0.889. The maximum atomic E-state index is 14.0. The highest BCUT2D eigenvalue weighted by atomic mass is 35.5. The number of nitrogens with zero attached hydrogens (tertiary/aromatic N) is 2. The number of esters is 1. The number of halogens is 2. The largest absolute Gasteiger partial charge is 0.489 e. The third-order valence-electron chi connectivity index (χ3n) is 10.3. The van der Waals surface area contributed by atoms with Crippen LogP contribution in [0.2, 0.25) is 10.0 Å². The second-order valence-corrected chi connectivity index (χ2v) is 16.5. The quantitative estimate of drug-likeness (QED) is 0.222. The normalized spacial score (nSPS) is 23.0. The van der Waals surface area contributed by atoms with Crippen LogP contribution in [0.3, 0.4) is 0 Å². The van der Waals surface area contributed by atoms with Crippen LogP contribution in [-0.2, 0) is 38.6 Å². The summed E-state index contributed by atoms with van der Waals surface area (Å²) in [6, 6.07) is 15.4. The molecule has 0 aromatic heterocycles. The highest BCUT2D eigenvalue weighted by Crippen LogP contribution is 2.43. The van der Waals surface area contributed by atoms with Gasteiger partial charge in [-0.05, 0) is 104 Å². The Morgan fingerprint density at radius 3 is 2.38 bits per heavy atom. The topological polar surface area (TPSA) is 94.6 Å². The van der Waals surface area contributed by atoms with E-state index in [0.717, 1.165) is 36.0 Å². The molecule has 0 spiro atoms. The first-order valence-electron chi connectivity index (χ1n) is 18.0. The molecule has 11 heteroatoms. The maximum Gasteiger partial charge on any atom is 0.411 e. The molecule has 1 fully saturated rings. The average molecular weight is 752 g/mol. The van der Waals surface area contributed by atoms with Gasteiger partial charge in [0.25, 0.3) is 5.91 Å². The first kappa shape index (κ1) is 37.8. The lowest BCUT2D eigenvalue weighted by Gasteiger charge is -2.41. The lowest BCUT2D eigenvalue weighted by atomic mass is 9.75. The molecule has 2 heterocycles. The van der Waals surface area contributed by atoms with Crippen LogP contribution in [0, 0.1) is 17.8 Å². The Kier molecular flexibility index (Phi) is 11.0. The summed E-state index contributed by atoms with van der Waals surface area (Å²) in [5.74, 6) is 1.56. The lowest BCUT2D eigenvalue weighted by molar-refractivity contribution is -0.162. The first-order valence-corrected chi connectivity index (χ1v) is 18.8. The van der Waals surface area contributed by atoms with Crippen molar-refractivity contribution in [3.8, 4) is 11.5 Å². The van der Waals surface area contributed by atoms with Gasteiger partial charge < -0.3 is 23.8 Å². The van der Waals surface area contributed by atoms with E-state index >= 15 is 0 Å². The second-order valence-electron chi connectivity index (χ2n) is 15.7. The summed E-state index contributed by atoms with van der Waals surface area (Å²) in [5.41, 5.74) is 3.04. The van der Waals surface area contributed by atoms with Crippen LogP contribution < -0.4 is 14.4 Å². The predicted octanol–water partition coefficient (Wildman–Crippen LogP) is 9.33. The van der Waals surface area contributed by atoms with Crippen LogP contribution in [0.4, 0.5) is 10.5 Å². The van der Waals surface area contributed by atoms with Crippen molar-refractivity contribution in [1.29, 1.82) is 0 Å². The van der Waals surface area contributed by atoms with E-state index in [1.807, 2.05) is 18.2 Å². The zero-order valence-electron chi connectivity index (χ0n) is 30.9. The van der Waals surface area contributed by atoms with Crippen molar-refractivity contribution in [2.75, 3.05) is 11.9 Å². The van der Waals surface area contributed by atoms with Crippen molar-refractivity contribution >= 4 is 46.9 Å². The molecular formula is C41H48Cl2N2O7. The van der Waals surface area contributed by atoms with Crippen LogP contribution in [0.5, 0.6) is 11.5 Å². The van der Waals surface area contributed by atoms with Gasteiger partial charge in [-0.1, -0.05) is 68.6 Å². The van der Waals surface area contributed by atoms with E-state index in [2.05, 4.69) is 20.8 Å². The third kappa shape index (κ3) is 8.31. The molecule has 3 aliphatic rings. The molecule has 3 aromatic carbocycles. The molecule has 3 aromatic rings. The van der Waals surface area contributed by atoms with E-state index in [1.54, 1.807) is 69.1 Å². The Morgan fingerprint density at radius 2 is 1.71 bits per heavy atom. The first-order chi connectivity index (χ1) is 24.6. The van der Waals surface area contributed by atoms with E-state index in [1.165, 1.54) is 4.90 Å². The summed E-state index contributed by atoms with van der Waals surface area (Å²) < 4.78 is 24.4. The molecule has 52 heavy (non-hydrogen) atoms. The molecule has 0 radical (unpaired) electrons. The molecule has 5 atom stereocenters. The number of likely N-dealkylation sites (N-methyl/N-ethyl adjacent to an activating group) is 1. The van der Waals surface area contributed by atoms with Crippen LogP contribution in [0.1, 0.15) is 89.2 Å². The zero-order chi connectivity index (χ0) is 37.5. The number of fused-ring (bicyclic) bond motifs is 2. The predicted molar refractivity (Wildman–Crippen MR) is 201 cm³/mol. The number of carbonyl (C=O) groups is 3. The van der Waals surface area contributed by atoms with E-state index in [-0.39, 0.29) is 30.9 Å². The van der Waals surface area contributed by atoms with Crippen molar-refractivity contribution in [2.45, 2.75) is 104 Å². The summed E-state index contributed by atoms with van der Waals surface area (Å²) in [6.45, 7) is 12.4. The van der Waals surface area contributed by atoms with Crippen molar-refractivity contribution < 1.29 is 33.3 Å². The number of hydrogen-bond donors (Lipinski definition) is 0. The van der Waals surface area contributed by atoms with Crippen molar-refractivity contribution in [1.82, 2.24) is 4.90 Å². The van der Waals surface area contributed by atoms with Crippen LogP contribution in [0.25, 0.3) is 0 Å². The summed E-state index contributed by atoms with van der Waals surface area (Å²) in [5, 5.41) is 0.938. The Balaban J connectivity index is 1.22. The fourth-order valence-corrected chi connectivity index (χ4v) is 7.70. The molecule has 0 bridgehead atoms. The number of anilines is 1. The van der Waals surface area contributed by atoms with E-state index in [9.17, 15) is 14.4 Å². The molecule has 2 aliphatic heterocycles. The van der Waals surface area contributed by atoms with Crippen molar-refractivity contribution in [3.05, 3.63) is 86.9 Å². The number of ether oxygens (including phenoxy) is 4. The maximum absolute atomic E-state index is 14.0. The molecule has 278 valence electrons. The molecule has 9 nitrogen and oxygen atoms in total. The van der Waals surface area contributed by atoms with Crippen molar-refractivity contribution in [2.24, 2.45) is 17.8 Å². The van der Waals surface area contributed by atoms with Gasteiger partial charge in [0.2, 0.25) is 6.10 Å². The third-order valence-corrected chi connectivity index (χ3v) is 11.0. The van der Waals surface area contributed by atoms with Gasteiger partial charge >= 0.3 is 12.1 Å². The SMILES string of the molecule is CC(C)[C@@H]1CC[C@@H](C)C[C@H]1OC(=O)[C@@H]1Cc2cc3c(cc2CN1C(=O)OC(C)(C)C)O[C@H](c1ccc(OCc2ccc(Cl)c(Cl)c2)cc1)C(=O)N3C. The van der Waals surface area contributed by atoms with Gasteiger partial charge in [-0.2, -0.15) is 0 Å². The van der Waals surface area contributed by atoms with Crippen LogP contribution in [-0.4, -0.2) is 47.7 Å². The average Bonchev–Trinajstić information content (AvgIpc) is 3.08. The highest BCUT2D eigenvalue weighted by Gasteiger charge is 2.43. The van der Waals surface area contributed by atoms with Crippen LogP contribution in [0.15, 0.2) is 54.6 Å². The number of amides is 2. The molecule has 0 N–H and O–H groups in total. The Hall–Kier alpha value is -3.95. The fraction of sp³-hybridized carbons (Fsp3) is 0.488. The van der Waals surface area contributed by atoms with Gasteiger partial charge in [-0.3, -0.25) is 9.69 Å². The molecule has 6 rings (SSSR count). The minimum absolute atomic E-state index is 0.128. The lowest BCUT2D eigenvalue weighted by Crippen LogP contribution is -2.52. The van der Waals surface area contributed by atoms with Gasteiger partial charge in [0, 0.05) is 19.0 Å². The Morgan fingerprint density at radius 1 is 0.981 bits per heavy atom. The number of rotatable bonds is 7. The molecule has 1 aliphatic carbocycles. The van der Waals surface area contributed by atoms with E-state index in [0.29, 0.717) is 51.2 Å². The van der Waals surface area contributed by atoms with Gasteiger partial charge in [0.05, 0.1) is 22.3 Å². The Labute approximate surface area is 316 Å². The minimum Gasteiger partial charge on any atom is -0.489 e. The number of hydrogen-bond acceptors (Lipinski definition) is 7. The number of benzene rings is 3. The van der Waals surface area contributed by atoms with Gasteiger partial charge in [-0.25, -0.2) is 9.59 Å². The Bertz CT molecular complexity index is 1820. The fourth-order valence-electron chi connectivity index (χ4n) is 7.38. The molecule has 0 unspecified atom stereocenters. The summed E-state index contributed by atoms with van der Waals surface area (Å²) in [4.78, 5) is 44.4. The standard InChI is InChI=1S/C41H48Cl2N2O7/c1-23(2)30-14-8-24(3)16-35(30)51-39(47)34-19-27-18-33-36(20-28(27)21-45(34)40(48)52-41(4,5)6)50-37(38(46)44(33)7)26-10-12-29(13-11-26)49-22-25-9-15-31(42)32(43)17-25/h9-13,15,17-18,20,23-24,30,34-35,37H,8,14,16,19,21-22H2,1-7H3/t24-,30+,34+,35-,37-/m1/s1. The molecule has 0 saturated heterocycles. The second kappa shape index (κ2) is 15.2. The van der Waals surface area contributed by atoms with E-state index < -0.39 is 29.8 Å². The van der Waals surface area contributed by atoms with E-state index in [4.69, 9.17) is 42.1 Å². The monoisotopic (exact) mass is 750 g/mol. The highest BCUT2D eigenvalue weighted by molar-refractivity contribution is 6.42. The van der Waals surface area contributed by atoms with Crippen molar-refractivity contribution in [3.63, 3.8) is 0 Å². The molecule has 2 amide bonds. The van der Waals surface area contributed by atoms with Gasteiger partial charge in [-0.15, -0.1) is 0 Å². The number of carbonyl (C=O) groups excluding carboxylic acids is 3. The molecule has 1 saturated carbocycles. The molecular weight excluding hydrogens is 703 g/mol. The van der Waals surface area contributed by atoms with Crippen LogP contribution >= 0.6 is 23.2 Å². The summed E-state index contributed by atoms with van der Waals surface area (Å²) >= 11 is 12.2. The smallest absolute Gasteiger partial charge is 0.411 e. The summed E-state index contributed by atoms with van der Waals surface area (Å²) in [7, 11) is 1.72. The van der Waals surface area contributed by atoms with Gasteiger partial charge in [0.1, 0.15) is 35.9 Å². The summed E-state index contributed by atoms with van der Waals surface area (Å²) in [6.07, 6.45) is 1.47. The van der Waals surface area contributed by atoms with Gasteiger partial charge in [0.15, 0.2) is 0 Å². The zero-order valence-corrected chi connectivity index (χ0v) is 32.4.